The number of halogens is 4. The third-order valence-electron chi connectivity index (χ3n) is 3.19. The fourth-order valence-corrected chi connectivity index (χ4v) is 2.49. The Bertz CT molecular complexity index is 927. The van der Waals surface area contributed by atoms with Gasteiger partial charge in [-0.25, -0.2) is 17.6 Å². The van der Waals surface area contributed by atoms with Crippen LogP contribution in [0.25, 0.3) is 16.7 Å². The Balaban J connectivity index is 2.50. The van der Waals surface area contributed by atoms with Gasteiger partial charge < -0.3 is 4.98 Å². The molecule has 2 aromatic carbocycles. The van der Waals surface area contributed by atoms with Crippen LogP contribution in [0.1, 0.15) is 5.56 Å². The van der Waals surface area contributed by atoms with E-state index in [1.54, 1.807) is 0 Å². The Kier molecular flexibility index (Phi) is 3.09. The first-order valence-corrected chi connectivity index (χ1v) is 6.35. The molecule has 1 heterocycles. The molecule has 0 aliphatic heterocycles. The van der Waals surface area contributed by atoms with Gasteiger partial charge in [-0.2, -0.15) is 0 Å². The van der Waals surface area contributed by atoms with Crippen molar-refractivity contribution >= 4 is 23.3 Å². The van der Waals surface area contributed by atoms with Gasteiger partial charge in [0.25, 0.3) is 0 Å². The van der Waals surface area contributed by atoms with E-state index in [1.165, 1.54) is 13.0 Å². The number of aryl methyl sites for hydroxylation is 1. The number of hydrogen-bond donors (Lipinski definition) is 1. The molecule has 0 spiro atoms. The number of nitrogens with zero attached hydrogens (tertiary/aromatic N) is 1. The number of aromatic amines is 1. The molecule has 108 valence electrons. The summed E-state index contributed by atoms with van der Waals surface area (Å²) in [6.07, 6.45) is 0. The van der Waals surface area contributed by atoms with Gasteiger partial charge in [0.1, 0.15) is 22.8 Å². The molecule has 2 nitrogen and oxygen atoms in total. The quantitative estimate of drug-likeness (QED) is 0.516. The second kappa shape index (κ2) is 4.70. The Labute approximate surface area is 121 Å². The molecule has 0 fully saturated rings. The monoisotopic (exact) mass is 312 g/mol. The predicted molar refractivity (Wildman–Crippen MR) is 73.0 cm³/mol. The van der Waals surface area contributed by atoms with Crippen molar-refractivity contribution in [2.45, 2.75) is 6.92 Å². The van der Waals surface area contributed by atoms with Crippen LogP contribution in [0.4, 0.5) is 17.6 Å². The van der Waals surface area contributed by atoms with E-state index in [9.17, 15) is 17.6 Å². The van der Waals surface area contributed by atoms with Gasteiger partial charge in [0.05, 0.1) is 5.52 Å². The molecule has 0 aliphatic carbocycles. The molecule has 0 aliphatic rings. The molecule has 1 N–H and O–H groups in total. The SMILES string of the molecule is Cc1ccc(F)c(-n2c(=S)[nH]c3c(F)cc(F)cc32)c1F. The number of rotatable bonds is 1. The van der Waals surface area contributed by atoms with Gasteiger partial charge in [0.15, 0.2) is 16.4 Å². The third-order valence-corrected chi connectivity index (χ3v) is 3.48. The second-order valence-corrected chi connectivity index (χ2v) is 4.96. The van der Waals surface area contributed by atoms with Crippen molar-refractivity contribution in [1.82, 2.24) is 9.55 Å². The predicted octanol–water partition coefficient (Wildman–Crippen LogP) is 4.55. The van der Waals surface area contributed by atoms with Crippen LogP contribution < -0.4 is 0 Å². The van der Waals surface area contributed by atoms with Gasteiger partial charge in [-0.1, -0.05) is 6.07 Å². The summed E-state index contributed by atoms with van der Waals surface area (Å²) in [6.45, 7) is 1.46. The van der Waals surface area contributed by atoms with Crippen LogP contribution in [0.5, 0.6) is 0 Å². The summed E-state index contributed by atoms with van der Waals surface area (Å²) in [7, 11) is 0. The average molecular weight is 312 g/mol. The minimum Gasteiger partial charge on any atom is -0.328 e. The molecule has 0 saturated carbocycles. The van der Waals surface area contributed by atoms with E-state index in [4.69, 9.17) is 12.2 Å². The highest BCUT2D eigenvalue weighted by Crippen LogP contribution is 2.27. The normalized spacial score (nSPS) is 11.3. The number of aromatic nitrogens is 2. The number of benzene rings is 2. The lowest BCUT2D eigenvalue weighted by molar-refractivity contribution is 0.564. The highest BCUT2D eigenvalue weighted by atomic mass is 32.1. The lowest BCUT2D eigenvalue weighted by Crippen LogP contribution is -2.03. The van der Waals surface area contributed by atoms with Gasteiger partial charge in [-0.05, 0) is 30.8 Å². The Hall–Kier alpha value is -2.15. The first-order valence-electron chi connectivity index (χ1n) is 5.95. The maximum Gasteiger partial charge on any atom is 0.183 e. The van der Waals surface area contributed by atoms with Gasteiger partial charge >= 0.3 is 0 Å². The number of hydrogen-bond acceptors (Lipinski definition) is 1. The Morgan fingerprint density at radius 3 is 2.48 bits per heavy atom. The van der Waals surface area contributed by atoms with Crippen molar-refractivity contribution < 1.29 is 17.6 Å². The van der Waals surface area contributed by atoms with Crippen LogP contribution in [0, 0.1) is 35.0 Å². The van der Waals surface area contributed by atoms with E-state index >= 15 is 0 Å². The summed E-state index contributed by atoms with van der Waals surface area (Å²) in [6, 6.07) is 3.98. The van der Waals surface area contributed by atoms with Crippen LogP contribution in [0.3, 0.4) is 0 Å². The molecule has 0 unspecified atom stereocenters. The van der Waals surface area contributed by atoms with E-state index in [1.807, 2.05) is 0 Å². The molecule has 7 heteroatoms. The van der Waals surface area contributed by atoms with E-state index in [-0.39, 0.29) is 21.4 Å². The molecule has 1 aromatic heterocycles. The van der Waals surface area contributed by atoms with Gasteiger partial charge in [0, 0.05) is 12.1 Å². The lowest BCUT2D eigenvalue weighted by Gasteiger charge is -2.09. The van der Waals surface area contributed by atoms with Crippen molar-refractivity contribution in [3.8, 4) is 5.69 Å². The minimum absolute atomic E-state index is 0.0686. The van der Waals surface area contributed by atoms with Crippen molar-refractivity contribution in [3.05, 3.63) is 57.9 Å². The summed E-state index contributed by atoms with van der Waals surface area (Å²) in [4.78, 5) is 2.50. The van der Waals surface area contributed by atoms with Gasteiger partial charge in [-0.15, -0.1) is 0 Å². The molecule has 0 amide bonds. The fraction of sp³-hybridized carbons (Fsp3) is 0.0714. The molecule has 21 heavy (non-hydrogen) atoms. The van der Waals surface area contributed by atoms with Crippen LogP contribution in [-0.4, -0.2) is 9.55 Å². The number of imidazole rings is 1. The molecule has 0 bridgehead atoms. The zero-order chi connectivity index (χ0) is 15.3. The van der Waals surface area contributed by atoms with E-state index in [0.29, 0.717) is 6.07 Å². The van der Waals surface area contributed by atoms with Gasteiger partial charge in [0.2, 0.25) is 0 Å². The van der Waals surface area contributed by atoms with Crippen LogP contribution >= 0.6 is 12.2 Å². The summed E-state index contributed by atoms with van der Waals surface area (Å²) >= 11 is 4.99. The second-order valence-electron chi connectivity index (χ2n) is 4.57. The largest absolute Gasteiger partial charge is 0.328 e. The topological polar surface area (TPSA) is 20.7 Å². The molecule has 3 aromatic rings. The summed E-state index contributed by atoms with van der Waals surface area (Å²) in [5, 5.41) is 0. The first-order chi connectivity index (χ1) is 9.90. The highest BCUT2D eigenvalue weighted by molar-refractivity contribution is 7.71. The molecule has 3 rings (SSSR count). The zero-order valence-corrected chi connectivity index (χ0v) is 11.5. The Morgan fingerprint density at radius 2 is 1.76 bits per heavy atom. The van der Waals surface area contributed by atoms with E-state index in [0.717, 1.165) is 16.7 Å². The van der Waals surface area contributed by atoms with Crippen molar-refractivity contribution in [1.29, 1.82) is 0 Å². The Morgan fingerprint density at radius 1 is 1.05 bits per heavy atom. The molecule has 0 atom stereocenters. The van der Waals surface area contributed by atoms with Crippen molar-refractivity contribution in [2.24, 2.45) is 0 Å². The van der Waals surface area contributed by atoms with Crippen LogP contribution in [0.2, 0.25) is 0 Å². The minimum atomic E-state index is -0.886. The molecule has 0 saturated heterocycles. The van der Waals surface area contributed by atoms with Crippen LogP contribution in [0.15, 0.2) is 24.3 Å². The smallest absolute Gasteiger partial charge is 0.183 e. The summed E-state index contributed by atoms with van der Waals surface area (Å²) in [5.41, 5.74) is -0.446. The number of nitrogens with one attached hydrogen (secondary N) is 1. The average Bonchev–Trinajstić information content (AvgIpc) is 2.73. The zero-order valence-electron chi connectivity index (χ0n) is 10.7. The molecular weight excluding hydrogens is 304 g/mol. The van der Waals surface area contributed by atoms with E-state index in [2.05, 4.69) is 4.98 Å². The maximum atomic E-state index is 14.2. The van der Waals surface area contributed by atoms with Crippen molar-refractivity contribution in [2.75, 3.05) is 0 Å². The summed E-state index contributed by atoms with van der Waals surface area (Å²) < 4.78 is 56.2. The number of H-pyrrole nitrogens is 1. The summed E-state index contributed by atoms with van der Waals surface area (Å²) in [5.74, 6) is -3.46. The van der Waals surface area contributed by atoms with Gasteiger partial charge in [-0.3, -0.25) is 4.57 Å². The lowest BCUT2D eigenvalue weighted by atomic mass is 10.2. The third kappa shape index (κ3) is 2.04. The fourth-order valence-electron chi connectivity index (χ4n) is 2.20. The number of fused-ring (bicyclic) bond motifs is 1. The standard InChI is InChI=1S/C14H8F4N2S/c1-6-2-3-8(16)13(11(6)18)20-10-5-7(15)4-9(17)12(10)19-14(20)21/h2-5H,1H3,(H,19,21). The van der Waals surface area contributed by atoms with Crippen LogP contribution in [-0.2, 0) is 0 Å². The molecular formula is C14H8F4N2S. The molecule has 0 radical (unpaired) electrons. The highest BCUT2D eigenvalue weighted by Gasteiger charge is 2.19. The maximum absolute atomic E-state index is 14.2. The first kappa shape index (κ1) is 13.8. The van der Waals surface area contributed by atoms with E-state index < -0.39 is 29.0 Å². The van der Waals surface area contributed by atoms with Crippen molar-refractivity contribution in [3.63, 3.8) is 0 Å².